The molecule has 1 amide bonds. The molecule has 1 N–H and O–H groups in total. The Hall–Kier alpha value is -2.53. The zero-order valence-corrected chi connectivity index (χ0v) is 16.5. The van der Waals surface area contributed by atoms with E-state index in [-0.39, 0.29) is 11.6 Å². The Labute approximate surface area is 175 Å². The normalized spacial score (nSPS) is 12.1. The average Bonchev–Trinajstić information content (AvgIpc) is 3.18. The second-order valence-electron chi connectivity index (χ2n) is 6.01. The van der Waals surface area contributed by atoms with Gasteiger partial charge in [-0.1, -0.05) is 12.1 Å². The number of rotatable bonds is 5. The second kappa shape index (κ2) is 8.68. The van der Waals surface area contributed by atoms with Crippen molar-refractivity contribution in [1.29, 1.82) is 0 Å². The van der Waals surface area contributed by atoms with E-state index in [1.165, 1.54) is 29.2 Å². The van der Waals surface area contributed by atoms with E-state index in [0.717, 1.165) is 5.69 Å². The molecular formula is C19H12F6N2OS2. The first-order chi connectivity index (χ1) is 14.0. The minimum atomic E-state index is -5.00. The molecule has 3 rings (SSSR count). The number of nitrogens with zero attached hydrogens (tertiary/aromatic N) is 1. The zero-order chi connectivity index (χ0) is 21.9. The van der Waals surface area contributed by atoms with Crippen LogP contribution in [0.4, 0.5) is 32.0 Å². The van der Waals surface area contributed by atoms with Gasteiger partial charge in [0.1, 0.15) is 0 Å². The molecule has 158 valence electrons. The summed E-state index contributed by atoms with van der Waals surface area (Å²) in [5, 5.41) is 3.98. The highest BCUT2D eigenvalue weighted by Crippen LogP contribution is 2.38. The van der Waals surface area contributed by atoms with Crippen LogP contribution in [0, 0.1) is 0 Å². The Morgan fingerprint density at radius 3 is 2.20 bits per heavy atom. The molecule has 1 aromatic heterocycles. The fourth-order valence-corrected chi connectivity index (χ4v) is 4.08. The number of thioether (sulfide) groups is 1. The van der Waals surface area contributed by atoms with Crippen molar-refractivity contribution < 1.29 is 31.1 Å². The summed E-state index contributed by atoms with van der Waals surface area (Å²) in [6.07, 6.45) is -10.00. The van der Waals surface area contributed by atoms with Crippen LogP contribution < -0.4 is 5.32 Å². The van der Waals surface area contributed by atoms with Crippen molar-refractivity contribution >= 4 is 34.7 Å². The van der Waals surface area contributed by atoms with Crippen LogP contribution in [0.3, 0.4) is 0 Å². The number of amides is 1. The lowest BCUT2D eigenvalue weighted by molar-refractivity contribution is -0.143. The Balaban J connectivity index is 1.87. The van der Waals surface area contributed by atoms with E-state index in [2.05, 4.69) is 10.3 Å². The van der Waals surface area contributed by atoms with Crippen LogP contribution in [0.2, 0.25) is 0 Å². The third-order valence-electron chi connectivity index (χ3n) is 3.84. The summed E-state index contributed by atoms with van der Waals surface area (Å²) in [5.74, 6) is -0.362. The molecule has 0 aliphatic rings. The number of nitrogens with one attached hydrogen (secondary N) is 1. The summed E-state index contributed by atoms with van der Waals surface area (Å²) >= 11 is 2.69. The lowest BCUT2D eigenvalue weighted by Gasteiger charge is -2.15. The molecule has 0 fully saturated rings. The molecule has 0 aliphatic carbocycles. The molecule has 0 bridgehead atoms. The molecule has 0 aliphatic heterocycles. The largest absolute Gasteiger partial charge is 0.416 e. The van der Waals surface area contributed by atoms with Crippen molar-refractivity contribution in [3.63, 3.8) is 0 Å². The van der Waals surface area contributed by atoms with E-state index in [9.17, 15) is 31.1 Å². The maximum atomic E-state index is 13.0. The third-order valence-corrected chi connectivity index (χ3v) is 5.58. The van der Waals surface area contributed by atoms with E-state index >= 15 is 0 Å². The van der Waals surface area contributed by atoms with Crippen LogP contribution in [0.5, 0.6) is 0 Å². The molecule has 30 heavy (non-hydrogen) atoms. The third kappa shape index (κ3) is 5.54. The Kier molecular flexibility index (Phi) is 6.41. The Morgan fingerprint density at radius 2 is 1.63 bits per heavy atom. The van der Waals surface area contributed by atoms with E-state index in [4.69, 9.17) is 0 Å². The number of halogens is 6. The van der Waals surface area contributed by atoms with Gasteiger partial charge in [0.15, 0.2) is 0 Å². The van der Waals surface area contributed by atoms with Crippen molar-refractivity contribution in [3.8, 4) is 0 Å². The Bertz CT molecular complexity index is 1000. The van der Waals surface area contributed by atoms with Crippen LogP contribution in [0.1, 0.15) is 27.2 Å². The van der Waals surface area contributed by atoms with Gasteiger partial charge in [-0.25, -0.2) is 4.98 Å². The molecule has 0 saturated heterocycles. The van der Waals surface area contributed by atoms with Crippen molar-refractivity contribution in [2.45, 2.75) is 23.0 Å². The van der Waals surface area contributed by atoms with E-state index in [0.29, 0.717) is 22.8 Å². The Morgan fingerprint density at radius 1 is 1.00 bits per heavy atom. The number of aromatic nitrogens is 1. The van der Waals surface area contributed by atoms with Gasteiger partial charge >= 0.3 is 12.4 Å². The summed E-state index contributed by atoms with van der Waals surface area (Å²) in [6.45, 7) is 0. The molecular weight excluding hydrogens is 450 g/mol. The average molecular weight is 462 g/mol. The fourth-order valence-electron chi connectivity index (χ4n) is 2.47. The highest BCUT2D eigenvalue weighted by molar-refractivity contribution is 7.98. The lowest BCUT2D eigenvalue weighted by atomic mass is 10.1. The predicted octanol–water partition coefficient (Wildman–Crippen LogP) is 6.73. The van der Waals surface area contributed by atoms with E-state index in [1.54, 1.807) is 23.7 Å². The van der Waals surface area contributed by atoms with Crippen LogP contribution in [0.15, 0.2) is 58.3 Å². The topological polar surface area (TPSA) is 42.0 Å². The SMILES string of the molecule is O=C(Nc1cc(C(F)(F)F)cc(C(F)(F)F)c1)c1ccccc1SCc1cscn1. The quantitative estimate of drug-likeness (QED) is 0.338. The molecule has 1 heterocycles. The number of carbonyl (C=O) groups is 1. The first kappa shape index (κ1) is 22.2. The zero-order valence-electron chi connectivity index (χ0n) is 14.8. The van der Waals surface area contributed by atoms with Gasteiger partial charge in [0.2, 0.25) is 0 Å². The van der Waals surface area contributed by atoms with Crippen molar-refractivity contribution in [2.75, 3.05) is 5.32 Å². The number of hydrogen-bond donors (Lipinski definition) is 1. The summed E-state index contributed by atoms with van der Waals surface area (Å²) < 4.78 is 78.0. The first-order valence-corrected chi connectivity index (χ1v) is 10.2. The minimum absolute atomic E-state index is 0.00725. The maximum absolute atomic E-state index is 13.0. The lowest BCUT2D eigenvalue weighted by Crippen LogP contribution is -2.16. The molecule has 0 atom stereocenters. The van der Waals surface area contributed by atoms with Crippen LogP contribution >= 0.6 is 23.1 Å². The van der Waals surface area contributed by atoms with Gasteiger partial charge in [0, 0.05) is 21.7 Å². The van der Waals surface area contributed by atoms with Crippen LogP contribution in [-0.2, 0) is 18.1 Å². The van der Waals surface area contributed by atoms with Gasteiger partial charge in [0.05, 0.1) is 27.9 Å². The highest BCUT2D eigenvalue weighted by atomic mass is 32.2. The molecule has 2 aromatic carbocycles. The van der Waals surface area contributed by atoms with Gasteiger partial charge in [-0.2, -0.15) is 26.3 Å². The van der Waals surface area contributed by atoms with Crippen LogP contribution in [0.25, 0.3) is 0 Å². The molecule has 0 spiro atoms. The smallest absolute Gasteiger partial charge is 0.322 e. The van der Waals surface area contributed by atoms with Crippen molar-refractivity contribution in [2.24, 2.45) is 0 Å². The van der Waals surface area contributed by atoms with Crippen molar-refractivity contribution in [1.82, 2.24) is 4.98 Å². The van der Waals surface area contributed by atoms with E-state index < -0.39 is 35.1 Å². The number of thiazole rings is 1. The van der Waals surface area contributed by atoms with Gasteiger partial charge in [-0.05, 0) is 30.3 Å². The number of hydrogen-bond acceptors (Lipinski definition) is 4. The minimum Gasteiger partial charge on any atom is -0.322 e. The number of alkyl halides is 6. The van der Waals surface area contributed by atoms with Crippen molar-refractivity contribution in [3.05, 3.63) is 75.7 Å². The summed E-state index contributed by atoms with van der Waals surface area (Å²) in [4.78, 5) is 17.3. The molecule has 0 unspecified atom stereocenters. The standard InChI is InChI=1S/C19H12F6N2OS2/c20-18(21,22)11-5-12(19(23,24)25)7-13(6-11)27-17(28)15-3-1-2-4-16(15)30-9-14-8-29-10-26-14/h1-8,10H,9H2,(H,27,28). The molecule has 11 heteroatoms. The maximum Gasteiger partial charge on any atom is 0.416 e. The highest BCUT2D eigenvalue weighted by Gasteiger charge is 2.37. The number of benzene rings is 2. The van der Waals surface area contributed by atoms with Gasteiger partial charge in [-0.15, -0.1) is 23.1 Å². The summed E-state index contributed by atoms with van der Waals surface area (Å²) in [6, 6.07) is 7.25. The van der Waals surface area contributed by atoms with Gasteiger partial charge in [-0.3, -0.25) is 4.79 Å². The monoisotopic (exact) mass is 462 g/mol. The predicted molar refractivity (Wildman–Crippen MR) is 103 cm³/mol. The second-order valence-corrected chi connectivity index (χ2v) is 7.75. The van der Waals surface area contributed by atoms with Gasteiger partial charge in [0.25, 0.3) is 5.91 Å². The summed E-state index contributed by atoms with van der Waals surface area (Å²) in [7, 11) is 0. The number of carbonyl (C=O) groups excluding carboxylic acids is 1. The number of anilines is 1. The van der Waals surface area contributed by atoms with E-state index in [1.807, 2.05) is 5.38 Å². The molecule has 3 nitrogen and oxygen atoms in total. The fraction of sp³-hybridized carbons (Fsp3) is 0.158. The molecule has 3 aromatic rings. The summed E-state index contributed by atoms with van der Waals surface area (Å²) in [5.41, 5.74) is -1.03. The molecule has 0 radical (unpaired) electrons. The van der Waals surface area contributed by atoms with Gasteiger partial charge < -0.3 is 5.32 Å². The first-order valence-electron chi connectivity index (χ1n) is 8.24. The molecule has 0 saturated carbocycles. The van der Waals surface area contributed by atoms with Crippen LogP contribution in [-0.4, -0.2) is 10.9 Å².